The molecule has 0 saturated carbocycles. The Labute approximate surface area is 162 Å². The van der Waals surface area contributed by atoms with Crippen molar-refractivity contribution >= 4 is 11.8 Å². The van der Waals surface area contributed by atoms with Crippen molar-refractivity contribution in [3.63, 3.8) is 0 Å². The Bertz CT molecular complexity index is 803. The van der Waals surface area contributed by atoms with Gasteiger partial charge in [-0.15, -0.1) is 0 Å². The first kappa shape index (κ1) is 18.6. The Morgan fingerprint density at radius 2 is 1.67 bits per heavy atom. The maximum absolute atomic E-state index is 9.24. The van der Waals surface area contributed by atoms with Crippen LogP contribution in [0.15, 0.2) is 46.2 Å². The number of benzene rings is 2. The van der Waals surface area contributed by atoms with Crippen LogP contribution in [0.3, 0.4) is 0 Å². The first-order valence-electron chi connectivity index (χ1n) is 9.00. The van der Waals surface area contributed by atoms with E-state index in [1.54, 1.807) is 17.8 Å². The van der Waals surface area contributed by atoms with Crippen LogP contribution in [-0.2, 0) is 15.3 Å². The monoisotopic (exact) mass is 390 g/mol. The zero-order valence-electron chi connectivity index (χ0n) is 14.8. The van der Waals surface area contributed by atoms with Gasteiger partial charge in [0.05, 0.1) is 31.3 Å². The second-order valence-electron chi connectivity index (χ2n) is 6.18. The summed E-state index contributed by atoms with van der Waals surface area (Å²) in [7, 11) is 0. The third-order valence-corrected chi connectivity index (χ3v) is 5.66. The fourth-order valence-electron chi connectivity index (χ4n) is 3.38. The smallest absolute Gasteiger partial charge is 0.224 e. The lowest BCUT2D eigenvalue weighted by Gasteiger charge is -2.42. The summed E-state index contributed by atoms with van der Waals surface area (Å²) in [5.41, 5.74) is 1.86. The number of hydrogen-bond acceptors (Lipinski definition) is 7. The topological polar surface area (TPSA) is 77.4 Å². The summed E-state index contributed by atoms with van der Waals surface area (Å²) in [6.45, 7) is 1.31. The summed E-state index contributed by atoms with van der Waals surface area (Å²) < 4.78 is 23.9. The molecule has 7 heteroatoms. The Balaban J connectivity index is 1.87. The van der Waals surface area contributed by atoms with E-state index in [4.69, 9.17) is 24.1 Å². The minimum Gasteiger partial charge on any atom is -0.487 e. The highest BCUT2D eigenvalue weighted by atomic mass is 32.2. The van der Waals surface area contributed by atoms with E-state index in [-0.39, 0.29) is 26.4 Å². The average Bonchev–Trinajstić information content (AvgIpc) is 2.72. The number of rotatable bonds is 6. The van der Waals surface area contributed by atoms with Gasteiger partial charge in [0, 0.05) is 16.0 Å². The van der Waals surface area contributed by atoms with Gasteiger partial charge in [0.25, 0.3) is 0 Å². The molecule has 0 unspecified atom stereocenters. The minimum atomic E-state index is -0.970. The van der Waals surface area contributed by atoms with Gasteiger partial charge in [0.1, 0.15) is 13.2 Å². The van der Waals surface area contributed by atoms with Crippen molar-refractivity contribution in [1.82, 2.24) is 0 Å². The van der Waals surface area contributed by atoms with Crippen molar-refractivity contribution < 1.29 is 29.2 Å². The molecule has 0 aromatic heterocycles. The van der Waals surface area contributed by atoms with Gasteiger partial charge >= 0.3 is 0 Å². The number of hydrogen-bond donors (Lipinski definition) is 2. The number of fused-ring (bicyclic) bond motifs is 4. The highest BCUT2D eigenvalue weighted by molar-refractivity contribution is 7.99. The summed E-state index contributed by atoms with van der Waals surface area (Å²) >= 11 is 1.57. The molecule has 0 atom stereocenters. The molecule has 27 heavy (non-hydrogen) atoms. The van der Waals surface area contributed by atoms with E-state index in [0.717, 1.165) is 27.3 Å². The van der Waals surface area contributed by atoms with Crippen LogP contribution in [0.1, 0.15) is 17.5 Å². The molecule has 2 aliphatic rings. The van der Waals surface area contributed by atoms with Gasteiger partial charge in [0.15, 0.2) is 11.5 Å². The van der Waals surface area contributed by atoms with Crippen LogP contribution >= 0.6 is 11.8 Å². The molecule has 2 N–H and O–H groups in total. The predicted molar refractivity (Wildman–Crippen MR) is 99.5 cm³/mol. The van der Waals surface area contributed by atoms with Crippen LogP contribution in [0.4, 0.5) is 0 Å². The SMILES string of the molecule is OCCOc1ccc2c(c1OCCO)Sc1ccccc1C21OCCCO1. The van der Waals surface area contributed by atoms with E-state index in [1.165, 1.54) is 0 Å². The van der Waals surface area contributed by atoms with Crippen LogP contribution < -0.4 is 9.47 Å². The molecule has 2 aromatic rings. The zero-order valence-corrected chi connectivity index (χ0v) is 15.7. The fourth-order valence-corrected chi connectivity index (χ4v) is 4.63. The quantitative estimate of drug-likeness (QED) is 0.785. The van der Waals surface area contributed by atoms with Crippen molar-refractivity contribution in [3.05, 3.63) is 47.5 Å². The second-order valence-corrected chi connectivity index (χ2v) is 7.23. The number of aliphatic hydroxyl groups is 2. The number of aliphatic hydroxyl groups excluding tert-OH is 2. The molecule has 144 valence electrons. The summed E-state index contributed by atoms with van der Waals surface area (Å²) in [6.07, 6.45) is 0.845. The molecule has 0 bridgehead atoms. The van der Waals surface area contributed by atoms with Gasteiger partial charge in [-0.3, -0.25) is 0 Å². The van der Waals surface area contributed by atoms with Crippen LogP contribution in [0.2, 0.25) is 0 Å². The van der Waals surface area contributed by atoms with Crippen LogP contribution in [0, 0.1) is 0 Å². The van der Waals surface area contributed by atoms with E-state index in [9.17, 15) is 5.11 Å². The molecule has 2 aromatic carbocycles. The Morgan fingerprint density at radius 1 is 0.926 bits per heavy atom. The highest BCUT2D eigenvalue weighted by Gasteiger charge is 2.46. The van der Waals surface area contributed by atoms with E-state index in [2.05, 4.69) is 0 Å². The first-order valence-corrected chi connectivity index (χ1v) is 9.82. The number of ether oxygens (including phenoxy) is 4. The first-order chi connectivity index (χ1) is 13.3. The van der Waals surface area contributed by atoms with Gasteiger partial charge in [-0.2, -0.15) is 0 Å². The highest BCUT2D eigenvalue weighted by Crippen LogP contribution is 2.56. The normalized spacial score (nSPS) is 17.3. The van der Waals surface area contributed by atoms with Crippen LogP contribution in [-0.4, -0.2) is 49.9 Å². The Kier molecular flexibility index (Phi) is 5.56. The van der Waals surface area contributed by atoms with E-state index in [0.29, 0.717) is 24.7 Å². The Morgan fingerprint density at radius 3 is 2.44 bits per heavy atom. The molecular formula is C20H22O6S. The molecule has 0 amide bonds. The summed E-state index contributed by atoms with van der Waals surface area (Å²) in [4.78, 5) is 1.87. The maximum atomic E-state index is 9.24. The third kappa shape index (κ3) is 3.30. The van der Waals surface area contributed by atoms with Crippen molar-refractivity contribution in [1.29, 1.82) is 0 Å². The van der Waals surface area contributed by atoms with Crippen molar-refractivity contribution in [3.8, 4) is 11.5 Å². The molecule has 6 nitrogen and oxygen atoms in total. The zero-order chi connectivity index (χ0) is 18.7. The van der Waals surface area contributed by atoms with Gasteiger partial charge in [-0.25, -0.2) is 0 Å². The van der Waals surface area contributed by atoms with Gasteiger partial charge in [0.2, 0.25) is 5.79 Å². The van der Waals surface area contributed by atoms with E-state index in [1.807, 2.05) is 30.3 Å². The van der Waals surface area contributed by atoms with Crippen molar-refractivity contribution in [2.24, 2.45) is 0 Å². The lowest BCUT2D eigenvalue weighted by molar-refractivity contribution is -0.252. The van der Waals surface area contributed by atoms with Gasteiger partial charge in [-0.05, 0) is 24.6 Å². The molecule has 1 fully saturated rings. The van der Waals surface area contributed by atoms with Crippen LogP contribution in [0.5, 0.6) is 11.5 Å². The fraction of sp³-hybridized carbons (Fsp3) is 0.400. The third-order valence-electron chi connectivity index (χ3n) is 4.47. The summed E-state index contributed by atoms with van der Waals surface area (Å²) in [6, 6.07) is 11.8. The van der Waals surface area contributed by atoms with Crippen molar-refractivity contribution in [2.45, 2.75) is 22.0 Å². The van der Waals surface area contributed by atoms with Gasteiger partial charge < -0.3 is 29.2 Å². The van der Waals surface area contributed by atoms with Crippen molar-refractivity contribution in [2.75, 3.05) is 39.6 Å². The average molecular weight is 390 g/mol. The van der Waals surface area contributed by atoms with E-state index >= 15 is 0 Å². The molecule has 1 saturated heterocycles. The minimum absolute atomic E-state index is 0.0946. The lowest BCUT2D eigenvalue weighted by atomic mass is 9.94. The maximum Gasteiger partial charge on any atom is 0.224 e. The molecule has 0 radical (unpaired) electrons. The predicted octanol–water partition coefficient (Wildman–Crippen LogP) is 2.53. The van der Waals surface area contributed by atoms with Crippen LogP contribution in [0.25, 0.3) is 0 Å². The molecule has 4 rings (SSSR count). The summed E-state index contributed by atoms with van der Waals surface area (Å²) in [5.74, 6) is 0.0863. The summed E-state index contributed by atoms with van der Waals surface area (Å²) in [5, 5.41) is 18.3. The Hall–Kier alpha value is -1.77. The van der Waals surface area contributed by atoms with E-state index < -0.39 is 5.79 Å². The second kappa shape index (κ2) is 8.08. The lowest BCUT2D eigenvalue weighted by Crippen LogP contribution is -2.41. The molecule has 2 heterocycles. The van der Waals surface area contributed by atoms with Gasteiger partial charge in [-0.1, -0.05) is 30.0 Å². The molecule has 2 aliphatic heterocycles. The molecule has 0 aliphatic carbocycles. The molecule has 1 spiro atoms. The molecular weight excluding hydrogens is 368 g/mol. The standard InChI is InChI=1S/C20H22O6S/c21-8-12-23-16-7-6-15-19(18(16)24-13-9-22)27-17-5-2-1-4-14(17)20(15)25-10-3-11-26-20/h1-2,4-7,21-22H,3,8-13H2. The largest absolute Gasteiger partial charge is 0.487 e.